The zero-order valence-electron chi connectivity index (χ0n) is 11.1. The number of rotatable bonds is 4. The van der Waals surface area contributed by atoms with Crippen LogP contribution < -0.4 is 5.73 Å². The Bertz CT molecular complexity index is 367. The van der Waals surface area contributed by atoms with Crippen molar-refractivity contribution in [3.05, 3.63) is 35.4 Å². The molecule has 0 spiro atoms. The smallest absolute Gasteiger partial charge is 0.0283 e. The van der Waals surface area contributed by atoms with Gasteiger partial charge in [-0.3, -0.25) is 0 Å². The van der Waals surface area contributed by atoms with Gasteiger partial charge in [-0.25, -0.2) is 0 Å². The number of nitrogens with zero attached hydrogens (tertiary/aromatic N) is 1. The van der Waals surface area contributed by atoms with Gasteiger partial charge in [-0.05, 0) is 32.4 Å². The Morgan fingerprint density at radius 2 is 2.00 bits per heavy atom. The summed E-state index contributed by atoms with van der Waals surface area (Å²) in [5.74, 6) is 0. The third-order valence-corrected chi connectivity index (χ3v) is 3.72. The Hall–Kier alpha value is -0.860. The van der Waals surface area contributed by atoms with E-state index in [0.717, 1.165) is 13.1 Å². The SMILES string of the molecule is Cc1cccc(CN(C)CC2(N)CCCC2)c1. The predicted molar refractivity (Wildman–Crippen MR) is 72.9 cm³/mol. The van der Waals surface area contributed by atoms with Crippen LogP contribution in [0.3, 0.4) is 0 Å². The molecule has 1 fully saturated rings. The second kappa shape index (κ2) is 5.19. The van der Waals surface area contributed by atoms with Gasteiger partial charge in [-0.1, -0.05) is 42.7 Å². The van der Waals surface area contributed by atoms with Crippen LogP contribution in [0.5, 0.6) is 0 Å². The van der Waals surface area contributed by atoms with E-state index in [1.165, 1.54) is 36.8 Å². The van der Waals surface area contributed by atoms with E-state index in [4.69, 9.17) is 5.73 Å². The quantitative estimate of drug-likeness (QED) is 0.865. The van der Waals surface area contributed by atoms with Crippen molar-refractivity contribution in [3.8, 4) is 0 Å². The topological polar surface area (TPSA) is 29.3 Å². The summed E-state index contributed by atoms with van der Waals surface area (Å²) in [4.78, 5) is 2.36. The number of likely N-dealkylation sites (N-methyl/N-ethyl adjacent to an activating group) is 1. The third-order valence-electron chi connectivity index (χ3n) is 3.72. The summed E-state index contributed by atoms with van der Waals surface area (Å²) in [5, 5.41) is 0. The van der Waals surface area contributed by atoms with Crippen LogP contribution in [0.4, 0.5) is 0 Å². The van der Waals surface area contributed by atoms with Crippen molar-refractivity contribution in [2.45, 2.75) is 44.7 Å². The number of aryl methyl sites for hydroxylation is 1. The van der Waals surface area contributed by atoms with Gasteiger partial charge in [0.1, 0.15) is 0 Å². The molecular weight excluding hydrogens is 208 g/mol. The first kappa shape index (κ1) is 12.6. The molecule has 0 saturated heterocycles. The summed E-state index contributed by atoms with van der Waals surface area (Å²) in [7, 11) is 2.18. The van der Waals surface area contributed by atoms with E-state index in [1.54, 1.807) is 0 Å². The fourth-order valence-corrected chi connectivity index (χ4v) is 2.95. The van der Waals surface area contributed by atoms with Crippen LogP contribution in [-0.4, -0.2) is 24.0 Å². The minimum absolute atomic E-state index is 0.0680. The maximum atomic E-state index is 6.40. The third kappa shape index (κ3) is 3.55. The highest BCUT2D eigenvalue weighted by Crippen LogP contribution is 2.27. The van der Waals surface area contributed by atoms with E-state index in [2.05, 4.69) is 43.1 Å². The van der Waals surface area contributed by atoms with Crippen molar-refractivity contribution in [3.63, 3.8) is 0 Å². The van der Waals surface area contributed by atoms with Crippen LogP contribution in [-0.2, 0) is 6.54 Å². The molecule has 0 aliphatic heterocycles. The van der Waals surface area contributed by atoms with E-state index in [0.29, 0.717) is 0 Å². The normalized spacial score (nSPS) is 18.8. The molecular formula is C15H24N2. The van der Waals surface area contributed by atoms with E-state index in [1.807, 2.05) is 0 Å². The predicted octanol–water partition coefficient (Wildman–Crippen LogP) is 2.70. The Kier molecular flexibility index (Phi) is 3.85. The fourth-order valence-electron chi connectivity index (χ4n) is 2.95. The van der Waals surface area contributed by atoms with Crippen molar-refractivity contribution in [2.75, 3.05) is 13.6 Å². The van der Waals surface area contributed by atoms with Crippen LogP contribution in [0, 0.1) is 6.92 Å². The van der Waals surface area contributed by atoms with Crippen molar-refractivity contribution >= 4 is 0 Å². The monoisotopic (exact) mass is 232 g/mol. The molecule has 0 amide bonds. The van der Waals surface area contributed by atoms with Gasteiger partial charge in [-0.15, -0.1) is 0 Å². The Morgan fingerprint density at radius 3 is 2.65 bits per heavy atom. The average molecular weight is 232 g/mol. The molecule has 0 atom stereocenters. The maximum absolute atomic E-state index is 6.40. The summed E-state index contributed by atoms with van der Waals surface area (Å²) >= 11 is 0. The molecule has 0 unspecified atom stereocenters. The minimum Gasteiger partial charge on any atom is -0.324 e. The molecule has 0 radical (unpaired) electrons. The molecule has 1 aliphatic carbocycles. The lowest BCUT2D eigenvalue weighted by atomic mass is 9.98. The lowest BCUT2D eigenvalue weighted by Gasteiger charge is -2.29. The van der Waals surface area contributed by atoms with Crippen LogP contribution in [0.1, 0.15) is 36.8 Å². The Labute approximate surface area is 105 Å². The minimum atomic E-state index is 0.0680. The van der Waals surface area contributed by atoms with Gasteiger partial charge in [0.25, 0.3) is 0 Å². The van der Waals surface area contributed by atoms with Crippen molar-refractivity contribution in [1.82, 2.24) is 4.90 Å². The molecule has 1 saturated carbocycles. The number of benzene rings is 1. The standard InChI is InChI=1S/C15H24N2/c1-13-6-5-7-14(10-13)11-17(2)12-15(16)8-3-4-9-15/h5-7,10H,3-4,8-9,11-12,16H2,1-2H3. The molecule has 2 rings (SSSR count). The van der Waals surface area contributed by atoms with Gasteiger partial charge in [-0.2, -0.15) is 0 Å². The molecule has 2 heteroatoms. The van der Waals surface area contributed by atoms with Crippen LogP contribution >= 0.6 is 0 Å². The van der Waals surface area contributed by atoms with Gasteiger partial charge >= 0.3 is 0 Å². The molecule has 17 heavy (non-hydrogen) atoms. The molecule has 94 valence electrons. The molecule has 0 bridgehead atoms. The van der Waals surface area contributed by atoms with Crippen molar-refractivity contribution in [2.24, 2.45) is 5.73 Å². The van der Waals surface area contributed by atoms with Crippen LogP contribution in [0.2, 0.25) is 0 Å². The van der Waals surface area contributed by atoms with Crippen LogP contribution in [0.15, 0.2) is 24.3 Å². The molecule has 1 aliphatic rings. The first-order chi connectivity index (χ1) is 8.07. The summed E-state index contributed by atoms with van der Waals surface area (Å²) in [6.45, 7) is 4.16. The molecule has 1 aromatic carbocycles. The summed E-state index contributed by atoms with van der Waals surface area (Å²) in [6.07, 6.45) is 4.97. The maximum Gasteiger partial charge on any atom is 0.0283 e. The zero-order chi connectivity index (χ0) is 12.3. The lowest BCUT2D eigenvalue weighted by molar-refractivity contribution is 0.241. The Balaban J connectivity index is 1.90. The largest absolute Gasteiger partial charge is 0.324 e. The van der Waals surface area contributed by atoms with Gasteiger partial charge in [0.15, 0.2) is 0 Å². The summed E-state index contributed by atoms with van der Waals surface area (Å²) < 4.78 is 0. The van der Waals surface area contributed by atoms with Gasteiger partial charge in [0, 0.05) is 18.6 Å². The van der Waals surface area contributed by atoms with Gasteiger partial charge in [0.05, 0.1) is 0 Å². The lowest BCUT2D eigenvalue weighted by Crippen LogP contribution is -2.46. The number of hydrogen-bond acceptors (Lipinski definition) is 2. The van der Waals surface area contributed by atoms with E-state index in [-0.39, 0.29) is 5.54 Å². The fraction of sp³-hybridized carbons (Fsp3) is 0.600. The van der Waals surface area contributed by atoms with Gasteiger partial charge in [0.2, 0.25) is 0 Å². The molecule has 2 N–H and O–H groups in total. The highest BCUT2D eigenvalue weighted by atomic mass is 15.1. The highest BCUT2D eigenvalue weighted by Gasteiger charge is 2.30. The second-order valence-corrected chi connectivity index (χ2v) is 5.73. The molecule has 0 heterocycles. The second-order valence-electron chi connectivity index (χ2n) is 5.73. The molecule has 0 aromatic heterocycles. The number of hydrogen-bond donors (Lipinski definition) is 1. The van der Waals surface area contributed by atoms with Crippen molar-refractivity contribution < 1.29 is 0 Å². The molecule has 1 aromatic rings. The Morgan fingerprint density at radius 1 is 1.29 bits per heavy atom. The van der Waals surface area contributed by atoms with E-state index in [9.17, 15) is 0 Å². The summed E-state index contributed by atoms with van der Waals surface area (Å²) in [6, 6.07) is 8.73. The average Bonchev–Trinajstić information content (AvgIpc) is 2.64. The first-order valence-corrected chi connectivity index (χ1v) is 6.60. The van der Waals surface area contributed by atoms with Crippen LogP contribution in [0.25, 0.3) is 0 Å². The number of nitrogens with two attached hydrogens (primary N) is 1. The molecule has 2 nitrogen and oxygen atoms in total. The first-order valence-electron chi connectivity index (χ1n) is 6.60. The van der Waals surface area contributed by atoms with Crippen molar-refractivity contribution in [1.29, 1.82) is 0 Å². The van der Waals surface area contributed by atoms with Gasteiger partial charge < -0.3 is 10.6 Å². The van der Waals surface area contributed by atoms with E-state index >= 15 is 0 Å². The van der Waals surface area contributed by atoms with E-state index < -0.39 is 0 Å². The zero-order valence-corrected chi connectivity index (χ0v) is 11.1. The summed E-state index contributed by atoms with van der Waals surface area (Å²) in [5.41, 5.74) is 9.19. The highest BCUT2D eigenvalue weighted by molar-refractivity contribution is 5.22.